The molecule has 0 N–H and O–H groups in total. The van der Waals surface area contributed by atoms with E-state index in [1.54, 1.807) is 0 Å². The molecule has 0 amide bonds. The number of ether oxygens (including phenoxy) is 1. The minimum absolute atomic E-state index is 0.761. The smallest absolute Gasteiger partial charge is 0.208 e. The Bertz CT molecular complexity index is 221. The summed E-state index contributed by atoms with van der Waals surface area (Å²) in [5.74, 6) is 0.822. The van der Waals surface area contributed by atoms with E-state index in [1.807, 2.05) is 6.08 Å². The van der Waals surface area contributed by atoms with Gasteiger partial charge >= 0.3 is 0 Å². The van der Waals surface area contributed by atoms with Crippen LogP contribution in [0.4, 0.5) is 0 Å². The Labute approximate surface area is 99.8 Å². The number of nitrogens with zero attached hydrogens (tertiary/aromatic N) is 1. The van der Waals surface area contributed by atoms with Crippen molar-refractivity contribution < 1.29 is 4.74 Å². The number of unbranched alkanes of at least 4 members (excludes halogenated alkanes) is 7. The first kappa shape index (κ1) is 13.3. The first-order chi connectivity index (χ1) is 7.93. The molecule has 1 aliphatic heterocycles. The van der Waals surface area contributed by atoms with Gasteiger partial charge in [0, 0.05) is 0 Å². The van der Waals surface area contributed by atoms with Gasteiger partial charge in [0.15, 0.2) is 0 Å². The van der Waals surface area contributed by atoms with E-state index in [9.17, 15) is 0 Å². The second kappa shape index (κ2) is 9.44. The van der Waals surface area contributed by atoms with Crippen molar-refractivity contribution in [3.05, 3.63) is 12.2 Å². The number of allylic oxidation sites excluding steroid dienone is 1. The molecule has 0 aromatic carbocycles. The maximum Gasteiger partial charge on any atom is 0.208 e. The van der Waals surface area contributed by atoms with Crippen LogP contribution in [-0.2, 0) is 4.74 Å². The molecule has 0 saturated carbocycles. The highest BCUT2D eigenvalue weighted by atomic mass is 16.5. The minimum atomic E-state index is 0.761. The van der Waals surface area contributed by atoms with Crippen LogP contribution in [0, 0.1) is 0 Å². The van der Waals surface area contributed by atoms with Crippen molar-refractivity contribution in [2.75, 3.05) is 13.2 Å². The Morgan fingerprint density at radius 2 is 1.88 bits per heavy atom. The molecule has 0 saturated heterocycles. The van der Waals surface area contributed by atoms with Crippen LogP contribution in [0.1, 0.15) is 58.3 Å². The van der Waals surface area contributed by atoms with Gasteiger partial charge in [-0.25, -0.2) is 4.99 Å². The molecule has 2 nitrogen and oxygen atoms in total. The van der Waals surface area contributed by atoms with Gasteiger partial charge in [-0.3, -0.25) is 0 Å². The van der Waals surface area contributed by atoms with Crippen molar-refractivity contribution in [1.82, 2.24) is 0 Å². The first-order valence-corrected chi connectivity index (χ1v) is 6.77. The molecule has 1 heterocycles. The standard InChI is InChI=1S/C14H25NO/c1-2-3-4-5-6-7-8-9-10-11-14-15-12-13-16-14/h10-11H,2-9,12-13H2,1H3. The topological polar surface area (TPSA) is 21.6 Å². The summed E-state index contributed by atoms with van der Waals surface area (Å²) in [4.78, 5) is 4.21. The molecule has 1 aliphatic rings. The summed E-state index contributed by atoms with van der Waals surface area (Å²) < 4.78 is 5.29. The third kappa shape index (κ3) is 6.65. The number of hydrogen-bond acceptors (Lipinski definition) is 2. The quantitative estimate of drug-likeness (QED) is 0.539. The van der Waals surface area contributed by atoms with E-state index in [0.29, 0.717) is 0 Å². The molecule has 16 heavy (non-hydrogen) atoms. The van der Waals surface area contributed by atoms with Crippen LogP contribution in [0.3, 0.4) is 0 Å². The summed E-state index contributed by atoms with van der Waals surface area (Å²) in [5, 5.41) is 0. The van der Waals surface area contributed by atoms with Gasteiger partial charge < -0.3 is 4.74 Å². The lowest BCUT2D eigenvalue weighted by Gasteiger charge is -1.98. The molecule has 0 aliphatic carbocycles. The summed E-state index contributed by atoms with van der Waals surface area (Å²) >= 11 is 0. The zero-order valence-electron chi connectivity index (χ0n) is 10.6. The zero-order chi connectivity index (χ0) is 11.5. The molecule has 92 valence electrons. The van der Waals surface area contributed by atoms with Crippen molar-refractivity contribution in [2.45, 2.75) is 58.3 Å². The molecular weight excluding hydrogens is 198 g/mol. The minimum Gasteiger partial charge on any atom is -0.476 e. The number of rotatable bonds is 9. The third-order valence-electron chi connectivity index (χ3n) is 2.84. The zero-order valence-corrected chi connectivity index (χ0v) is 10.6. The Balaban J connectivity index is 1.84. The largest absolute Gasteiger partial charge is 0.476 e. The van der Waals surface area contributed by atoms with E-state index >= 15 is 0 Å². The highest BCUT2D eigenvalue weighted by Crippen LogP contribution is 2.08. The van der Waals surface area contributed by atoms with Gasteiger partial charge in [-0.1, -0.05) is 51.5 Å². The fourth-order valence-corrected chi connectivity index (χ4v) is 1.86. The van der Waals surface area contributed by atoms with E-state index in [-0.39, 0.29) is 0 Å². The maximum atomic E-state index is 5.29. The fourth-order valence-electron chi connectivity index (χ4n) is 1.86. The molecule has 0 spiro atoms. The Morgan fingerprint density at radius 1 is 1.12 bits per heavy atom. The Kier molecular flexibility index (Phi) is 7.83. The van der Waals surface area contributed by atoms with Crippen molar-refractivity contribution in [3.63, 3.8) is 0 Å². The summed E-state index contributed by atoms with van der Waals surface area (Å²) in [6.07, 6.45) is 15.0. The third-order valence-corrected chi connectivity index (χ3v) is 2.84. The van der Waals surface area contributed by atoms with E-state index in [4.69, 9.17) is 4.74 Å². The lowest BCUT2D eigenvalue weighted by Crippen LogP contribution is -1.92. The Morgan fingerprint density at radius 3 is 2.56 bits per heavy atom. The van der Waals surface area contributed by atoms with Crippen LogP contribution in [0.15, 0.2) is 17.1 Å². The highest BCUT2D eigenvalue weighted by Gasteiger charge is 2.00. The summed E-state index contributed by atoms with van der Waals surface area (Å²) in [6, 6.07) is 0. The van der Waals surface area contributed by atoms with Gasteiger partial charge in [-0.05, 0) is 18.9 Å². The normalized spacial score (nSPS) is 15.4. The lowest BCUT2D eigenvalue weighted by molar-refractivity contribution is 0.350. The molecule has 0 aromatic rings. The molecule has 0 unspecified atom stereocenters. The molecule has 0 radical (unpaired) electrons. The SMILES string of the molecule is CCCCCCCCCC=CC1=NCCO1. The first-order valence-electron chi connectivity index (χ1n) is 6.77. The molecule has 0 aromatic heterocycles. The molecular formula is C14H25NO. The van der Waals surface area contributed by atoms with Crippen LogP contribution in [-0.4, -0.2) is 19.0 Å². The predicted octanol–water partition coefficient (Wildman–Crippen LogP) is 4.11. The number of aliphatic imine (C=N–C) groups is 1. The predicted molar refractivity (Wildman–Crippen MR) is 70.0 cm³/mol. The van der Waals surface area contributed by atoms with Crippen molar-refractivity contribution >= 4 is 5.90 Å². The van der Waals surface area contributed by atoms with Gasteiger partial charge in [0.1, 0.15) is 6.61 Å². The van der Waals surface area contributed by atoms with Gasteiger partial charge in [0.2, 0.25) is 5.90 Å². The molecule has 1 rings (SSSR count). The van der Waals surface area contributed by atoms with Crippen LogP contribution in [0.5, 0.6) is 0 Å². The highest BCUT2D eigenvalue weighted by molar-refractivity contribution is 5.88. The molecule has 0 atom stereocenters. The molecule has 0 fully saturated rings. The molecule has 2 heteroatoms. The molecule has 0 bridgehead atoms. The number of hydrogen-bond donors (Lipinski definition) is 0. The van der Waals surface area contributed by atoms with Gasteiger partial charge in [0.05, 0.1) is 6.54 Å². The van der Waals surface area contributed by atoms with Gasteiger partial charge in [-0.2, -0.15) is 0 Å². The van der Waals surface area contributed by atoms with E-state index in [2.05, 4.69) is 18.0 Å². The van der Waals surface area contributed by atoms with E-state index < -0.39 is 0 Å². The van der Waals surface area contributed by atoms with Gasteiger partial charge in [0.25, 0.3) is 0 Å². The second-order valence-corrected chi connectivity index (χ2v) is 4.38. The van der Waals surface area contributed by atoms with Crippen LogP contribution in [0.2, 0.25) is 0 Å². The second-order valence-electron chi connectivity index (χ2n) is 4.38. The Hall–Kier alpha value is -0.790. The maximum absolute atomic E-state index is 5.29. The van der Waals surface area contributed by atoms with Crippen molar-refractivity contribution in [1.29, 1.82) is 0 Å². The summed E-state index contributed by atoms with van der Waals surface area (Å²) in [5.41, 5.74) is 0. The van der Waals surface area contributed by atoms with Crippen LogP contribution >= 0.6 is 0 Å². The van der Waals surface area contributed by atoms with E-state index in [0.717, 1.165) is 25.5 Å². The lowest BCUT2D eigenvalue weighted by atomic mass is 10.1. The fraction of sp³-hybridized carbons (Fsp3) is 0.786. The summed E-state index contributed by atoms with van der Waals surface area (Å²) in [7, 11) is 0. The summed E-state index contributed by atoms with van der Waals surface area (Å²) in [6.45, 7) is 3.85. The van der Waals surface area contributed by atoms with Gasteiger partial charge in [-0.15, -0.1) is 0 Å². The van der Waals surface area contributed by atoms with E-state index in [1.165, 1.54) is 44.9 Å². The van der Waals surface area contributed by atoms with Crippen LogP contribution in [0.25, 0.3) is 0 Å². The average Bonchev–Trinajstić information content (AvgIpc) is 2.80. The van der Waals surface area contributed by atoms with Crippen molar-refractivity contribution in [3.8, 4) is 0 Å². The average molecular weight is 223 g/mol. The van der Waals surface area contributed by atoms with Crippen LogP contribution < -0.4 is 0 Å². The monoisotopic (exact) mass is 223 g/mol. The van der Waals surface area contributed by atoms with Crippen molar-refractivity contribution in [2.24, 2.45) is 4.99 Å².